The summed E-state index contributed by atoms with van der Waals surface area (Å²) in [5, 5.41) is 0. The monoisotopic (exact) mass is 218 g/mol. The molecule has 0 radical (unpaired) electrons. The molecule has 1 heterocycles. The smallest absolute Gasteiger partial charge is 0.0317 e. The van der Waals surface area contributed by atoms with E-state index in [0.717, 1.165) is 24.1 Å². The van der Waals surface area contributed by atoms with Gasteiger partial charge in [-0.2, -0.15) is 0 Å². The van der Waals surface area contributed by atoms with Crippen molar-refractivity contribution in [2.24, 2.45) is 11.8 Å². The third kappa shape index (κ3) is 2.99. The quantitative estimate of drug-likeness (QED) is 0.773. The minimum absolute atomic E-state index is 0.824. The zero-order chi connectivity index (χ0) is 11.5. The van der Waals surface area contributed by atoms with E-state index in [-0.39, 0.29) is 0 Å². The lowest BCUT2D eigenvalue weighted by atomic mass is 9.91. The van der Waals surface area contributed by atoms with Crippen LogP contribution in [0.5, 0.6) is 0 Å². The molecule has 16 heavy (non-hydrogen) atoms. The number of benzene rings is 1. The molecular weight excluding hydrogens is 196 g/mol. The van der Waals surface area contributed by atoms with Crippen LogP contribution in [0.1, 0.15) is 25.8 Å². The zero-order valence-electron chi connectivity index (χ0n) is 10.3. The number of nitrogen functional groups attached to an aromatic ring is 1. The van der Waals surface area contributed by atoms with E-state index in [1.54, 1.807) is 0 Å². The van der Waals surface area contributed by atoms with Crippen LogP contribution < -0.4 is 5.73 Å². The lowest BCUT2D eigenvalue weighted by molar-refractivity contribution is 0.134. The predicted octanol–water partition coefficient (Wildman–Crippen LogP) is 2.75. The predicted molar refractivity (Wildman–Crippen MR) is 69.1 cm³/mol. The van der Waals surface area contributed by atoms with E-state index in [1.807, 2.05) is 12.1 Å². The minimum Gasteiger partial charge on any atom is -0.399 e. The first-order chi connectivity index (χ1) is 7.63. The molecule has 88 valence electrons. The van der Waals surface area contributed by atoms with Gasteiger partial charge in [-0.25, -0.2) is 0 Å². The Kier molecular flexibility index (Phi) is 3.49. The van der Waals surface area contributed by atoms with Gasteiger partial charge in [-0.15, -0.1) is 0 Å². The fourth-order valence-corrected chi connectivity index (χ4v) is 2.87. The Bertz CT molecular complexity index is 338. The highest BCUT2D eigenvalue weighted by atomic mass is 15.1. The highest BCUT2D eigenvalue weighted by molar-refractivity contribution is 5.40. The van der Waals surface area contributed by atoms with E-state index in [4.69, 9.17) is 5.73 Å². The van der Waals surface area contributed by atoms with Crippen LogP contribution in [-0.4, -0.2) is 18.0 Å². The van der Waals surface area contributed by atoms with Gasteiger partial charge < -0.3 is 5.73 Å². The van der Waals surface area contributed by atoms with Gasteiger partial charge in [-0.1, -0.05) is 26.0 Å². The van der Waals surface area contributed by atoms with Crippen LogP contribution in [0.3, 0.4) is 0 Å². The molecule has 0 saturated carbocycles. The summed E-state index contributed by atoms with van der Waals surface area (Å²) in [6, 6.07) is 8.25. The van der Waals surface area contributed by atoms with Crippen molar-refractivity contribution in [3.63, 3.8) is 0 Å². The van der Waals surface area contributed by atoms with E-state index in [2.05, 4.69) is 30.9 Å². The van der Waals surface area contributed by atoms with Crippen molar-refractivity contribution < 1.29 is 0 Å². The lowest BCUT2D eigenvalue weighted by Crippen LogP contribution is -2.38. The summed E-state index contributed by atoms with van der Waals surface area (Å²) >= 11 is 0. The number of nitrogens with two attached hydrogens (primary N) is 1. The maximum atomic E-state index is 5.80. The van der Waals surface area contributed by atoms with Gasteiger partial charge in [0.15, 0.2) is 0 Å². The molecule has 2 unspecified atom stereocenters. The summed E-state index contributed by atoms with van der Waals surface area (Å²) in [5.74, 6) is 1.65. The topological polar surface area (TPSA) is 29.3 Å². The number of likely N-dealkylation sites (tertiary alicyclic amines) is 1. The Morgan fingerprint density at radius 2 is 1.94 bits per heavy atom. The Hall–Kier alpha value is -1.02. The van der Waals surface area contributed by atoms with Crippen molar-refractivity contribution in [1.82, 2.24) is 4.90 Å². The SMILES string of the molecule is CC1CC(C)CN(Cc2cccc(N)c2)C1. The molecule has 0 spiro atoms. The van der Waals surface area contributed by atoms with Crippen molar-refractivity contribution in [2.75, 3.05) is 18.8 Å². The minimum atomic E-state index is 0.824. The Labute approximate surface area is 98.4 Å². The number of hydrogen-bond acceptors (Lipinski definition) is 2. The van der Waals surface area contributed by atoms with Crippen LogP contribution in [0.15, 0.2) is 24.3 Å². The van der Waals surface area contributed by atoms with E-state index in [0.29, 0.717) is 0 Å². The molecule has 2 heteroatoms. The van der Waals surface area contributed by atoms with Crippen LogP contribution in [0.2, 0.25) is 0 Å². The number of rotatable bonds is 2. The third-order valence-corrected chi connectivity index (χ3v) is 3.30. The molecular formula is C14H22N2. The Morgan fingerprint density at radius 3 is 2.56 bits per heavy atom. The van der Waals surface area contributed by atoms with Crippen molar-refractivity contribution in [1.29, 1.82) is 0 Å². The van der Waals surface area contributed by atoms with E-state index in [1.165, 1.54) is 25.1 Å². The highest BCUT2D eigenvalue weighted by Gasteiger charge is 2.21. The molecule has 1 aromatic rings. The van der Waals surface area contributed by atoms with Gasteiger partial charge in [0.25, 0.3) is 0 Å². The van der Waals surface area contributed by atoms with Crippen molar-refractivity contribution in [2.45, 2.75) is 26.8 Å². The number of piperidine rings is 1. The molecule has 1 aromatic carbocycles. The van der Waals surface area contributed by atoms with Gasteiger partial charge in [-0.3, -0.25) is 4.90 Å². The Morgan fingerprint density at radius 1 is 1.25 bits per heavy atom. The molecule has 1 fully saturated rings. The van der Waals surface area contributed by atoms with Gasteiger partial charge in [0, 0.05) is 25.3 Å². The largest absolute Gasteiger partial charge is 0.399 e. The van der Waals surface area contributed by atoms with Gasteiger partial charge in [-0.05, 0) is 36.0 Å². The van der Waals surface area contributed by atoms with Gasteiger partial charge >= 0.3 is 0 Å². The maximum absolute atomic E-state index is 5.80. The van der Waals surface area contributed by atoms with Gasteiger partial charge in [0.05, 0.1) is 0 Å². The third-order valence-electron chi connectivity index (χ3n) is 3.30. The van der Waals surface area contributed by atoms with Gasteiger partial charge in [0.1, 0.15) is 0 Å². The van der Waals surface area contributed by atoms with Crippen LogP contribution in [0, 0.1) is 11.8 Å². The Balaban J connectivity index is 1.98. The fraction of sp³-hybridized carbons (Fsp3) is 0.571. The summed E-state index contributed by atoms with van der Waals surface area (Å²) in [4.78, 5) is 2.55. The summed E-state index contributed by atoms with van der Waals surface area (Å²) in [5.41, 5.74) is 8.01. The zero-order valence-corrected chi connectivity index (χ0v) is 10.3. The standard InChI is InChI=1S/C14H22N2/c1-11-6-12(2)9-16(8-11)10-13-4-3-5-14(15)7-13/h3-5,7,11-12H,6,8-10,15H2,1-2H3. The maximum Gasteiger partial charge on any atom is 0.0317 e. The van der Waals surface area contributed by atoms with Crippen molar-refractivity contribution in [3.05, 3.63) is 29.8 Å². The summed E-state index contributed by atoms with van der Waals surface area (Å²) < 4.78 is 0. The van der Waals surface area contributed by atoms with Crippen LogP contribution in [-0.2, 0) is 6.54 Å². The molecule has 1 saturated heterocycles. The van der Waals surface area contributed by atoms with Crippen LogP contribution >= 0.6 is 0 Å². The van der Waals surface area contributed by atoms with Crippen molar-refractivity contribution in [3.8, 4) is 0 Å². The first-order valence-electron chi connectivity index (χ1n) is 6.20. The second-order valence-electron chi connectivity index (χ2n) is 5.39. The molecule has 0 aliphatic carbocycles. The first-order valence-corrected chi connectivity index (χ1v) is 6.20. The fourth-order valence-electron chi connectivity index (χ4n) is 2.87. The molecule has 0 aromatic heterocycles. The van der Waals surface area contributed by atoms with Gasteiger partial charge in [0.2, 0.25) is 0 Å². The molecule has 2 N–H and O–H groups in total. The average molecular weight is 218 g/mol. The number of nitrogens with zero attached hydrogens (tertiary/aromatic N) is 1. The average Bonchev–Trinajstić information content (AvgIpc) is 2.15. The molecule has 1 aliphatic rings. The molecule has 0 bridgehead atoms. The molecule has 2 atom stereocenters. The lowest BCUT2D eigenvalue weighted by Gasteiger charge is -2.35. The first kappa shape index (κ1) is 11.5. The summed E-state index contributed by atoms with van der Waals surface area (Å²) in [6.07, 6.45) is 1.37. The van der Waals surface area contributed by atoms with Crippen molar-refractivity contribution >= 4 is 5.69 Å². The summed E-state index contributed by atoms with van der Waals surface area (Å²) in [7, 11) is 0. The normalized spacial score (nSPS) is 26.9. The number of anilines is 1. The highest BCUT2D eigenvalue weighted by Crippen LogP contribution is 2.22. The van der Waals surface area contributed by atoms with E-state index >= 15 is 0 Å². The second kappa shape index (κ2) is 4.88. The van der Waals surface area contributed by atoms with Crippen LogP contribution in [0.25, 0.3) is 0 Å². The number of hydrogen-bond donors (Lipinski definition) is 1. The second-order valence-corrected chi connectivity index (χ2v) is 5.39. The molecule has 0 amide bonds. The van der Waals surface area contributed by atoms with E-state index in [9.17, 15) is 0 Å². The van der Waals surface area contributed by atoms with E-state index < -0.39 is 0 Å². The summed E-state index contributed by atoms with van der Waals surface area (Å²) in [6.45, 7) is 8.18. The molecule has 2 nitrogen and oxygen atoms in total. The van der Waals surface area contributed by atoms with Crippen LogP contribution in [0.4, 0.5) is 5.69 Å². The molecule has 2 rings (SSSR count). The molecule has 1 aliphatic heterocycles.